The van der Waals surface area contributed by atoms with E-state index in [1.807, 2.05) is 0 Å². The van der Waals surface area contributed by atoms with Crippen LogP contribution in [0.4, 0.5) is 0 Å². The third-order valence-corrected chi connectivity index (χ3v) is 3.20. The maximum absolute atomic E-state index is 5.54. The third kappa shape index (κ3) is 2.85. The first-order valence-corrected chi connectivity index (χ1v) is 6.14. The van der Waals surface area contributed by atoms with Gasteiger partial charge in [-0.1, -0.05) is 6.92 Å². The first kappa shape index (κ1) is 11.6. The highest BCUT2D eigenvalue weighted by Crippen LogP contribution is 2.43. The Balaban J connectivity index is 2.01. The molecule has 90 valence electrons. The summed E-state index contributed by atoms with van der Waals surface area (Å²) in [5.74, 6) is 2.43. The van der Waals surface area contributed by atoms with Crippen molar-refractivity contribution in [2.75, 3.05) is 0 Å². The molecule has 2 rings (SSSR count). The molecule has 3 nitrogen and oxygen atoms in total. The van der Waals surface area contributed by atoms with Gasteiger partial charge in [0.2, 0.25) is 0 Å². The number of rotatable bonds is 4. The van der Waals surface area contributed by atoms with Crippen molar-refractivity contribution in [1.82, 2.24) is 10.3 Å². The van der Waals surface area contributed by atoms with Gasteiger partial charge in [0, 0.05) is 18.0 Å². The first-order valence-electron chi connectivity index (χ1n) is 6.14. The number of aromatic nitrogens is 1. The molecule has 1 aromatic heterocycles. The average molecular weight is 222 g/mol. The molecule has 1 saturated carbocycles. The summed E-state index contributed by atoms with van der Waals surface area (Å²) in [6, 6.07) is 0. The molecule has 3 heteroatoms. The van der Waals surface area contributed by atoms with Crippen LogP contribution in [0.1, 0.15) is 57.9 Å². The van der Waals surface area contributed by atoms with Crippen LogP contribution in [0.3, 0.4) is 0 Å². The zero-order valence-corrected chi connectivity index (χ0v) is 10.7. The highest BCUT2D eigenvalue weighted by atomic mass is 16.3. The second-order valence-electron chi connectivity index (χ2n) is 5.89. The van der Waals surface area contributed by atoms with E-state index in [1.165, 1.54) is 12.8 Å². The molecule has 1 heterocycles. The molecule has 1 fully saturated rings. The van der Waals surface area contributed by atoms with Gasteiger partial charge in [0.25, 0.3) is 0 Å². The van der Waals surface area contributed by atoms with Crippen molar-refractivity contribution in [2.45, 2.75) is 58.5 Å². The molecule has 0 spiro atoms. The topological polar surface area (TPSA) is 38.1 Å². The van der Waals surface area contributed by atoms with E-state index in [2.05, 4.69) is 38.0 Å². The van der Waals surface area contributed by atoms with Gasteiger partial charge in [-0.25, -0.2) is 4.98 Å². The zero-order chi connectivity index (χ0) is 11.8. The molecular formula is C13H22N2O. The SMILES string of the molecule is CC(c1ocnc1CNC(C)(C)C)C1CC1. The Morgan fingerprint density at radius 2 is 2.19 bits per heavy atom. The van der Waals surface area contributed by atoms with E-state index in [4.69, 9.17) is 4.42 Å². The van der Waals surface area contributed by atoms with Crippen molar-refractivity contribution in [3.8, 4) is 0 Å². The summed E-state index contributed by atoms with van der Waals surface area (Å²) in [7, 11) is 0. The molecule has 0 bridgehead atoms. The van der Waals surface area contributed by atoms with E-state index in [1.54, 1.807) is 6.39 Å². The van der Waals surface area contributed by atoms with E-state index in [9.17, 15) is 0 Å². The van der Waals surface area contributed by atoms with E-state index < -0.39 is 0 Å². The van der Waals surface area contributed by atoms with E-state index in [0.717, 1.165) is 23.9 Å². The average Bonchev–Trinajstić information content (AvgIpc) is 2.92. The Labute approximate surface area is 97.6 Å². The van der Waals surface area contributed by atoms with Gasteiger partial charge in [0.05, 0.1) is 5.69 Å². The van der Waals surface area contributed by atoms with Crippen LogP contribution in [0.5, 0.6) is 0 Å². The van der Waals surface area contributed by atoms with Crippen LogP contribution in [0.2, 0.25) is 0 Å². The highest BCUT2D eigenvalue weighted by Gasteiger charge is 2.32. The lowest BCUT2D eigenvalue weighted by Gasteiger charge is -2.20. The normalized spacial score (nSPS) is 18.8. The van der Waals surface area contributed by atoms with Crippen molar-refractivity contribution in [1.29, 1.82) is 0 Å². The standard InChI is InChI=1S/C13H22N2O/c1-9(10-5-6-10)12-11(14-8-16-12)7-15-13(2,3)4/h8-10,15H,5-7H2,1-4H3. The molecule has 0 aliphatic heterocycles. The molecule has 1 aliphatic rings. The van der Waals surface area contributed by atoms with Gasteiger partial charge >= 0.3 is 0 Å². The lowest BCUT2D eigenvalue weighted by molar-refractivity contribution is 0.409. The molecule has 0 radical (unpaired) electrons. The summed E-state index contributed by atoms with van der Waals surface area (Å²) in [4.78, 5) is 4.32. The number of oxazole rings is 1. The summed E-state index contributed by atoms with van der Waals surface area (Å²) in [6.07, 6.45) is 4.26. The molecule has 0 amide bonds. The molecule has 1 aromatic rings. The van der Waals surface area contributed by atoms with Crippen LogP contribution in [-0.4, -0.2) is 10.5 Å². The summed E-state index contributed by atoms with van der Waals surface area (Å²) in [6.45, 7) is 9.54. The van der Waals surface area contributed by atoms with Crippen molar-refractivity contribution in [3.05, 3.63) is 17.8 Å². The van der Waals surface area contributed by atoms with Crippen molar-refractivity contribution < 1.29 is 4.42 Å². The second-order valence-corrected chi connectivity index (χ2v) is 5.89. The van der Waals surface area contributed by atoms with E-state index >= 15 is 0 Å². The summed E-state index contributed by atoms with van der Waals surface area (Å²) in [5.41, 5.74) is 1.20. The van der Waals surface area contributed by atoms with Gasteiger partial charge in [-0.15, -0.1) is 0 Å². The van der Waals surface area contributed by atoms with Gasteiger partial charge in [0.15, 0.2) is 6.39 Å². The van der Waals surface area contributed by atoms with E-state index in [-0.39, 0.29) is 5.54 Å². The van der Waals surface area contributed by atoms with Gasteiger partial charge in [-0.2, -0.15) is 0 Å². The third-order valence-electron chi connectivity index (χ3n) is 3.20. The molecule has 1 aliphatic carbocycles. The molecule has 1 N–H and O–H groups in total. The van der Waals surface area contributed by atoms with Gasteiger partial charge in [-0.3, -0.25) is 0 Å². The lowest BCUT2D eigenvalue weighted by Crippen LogP contribution is -2.35. The van der Waals surface area contributed by atoms with Gasteiger partial charge in [0.1, 0.15) is 5.76 Å². The zero-order valence-electron chi connectivity index (χ0n) is 10.7. The summed E-state index contributed by atoms with van der Waals surface area (Å²) < 4.78 is 5.54. The van der Waals surface area contributed by atoms with Gasteiger partial charge < -0.3 is 9.73 Å². The smallest absolute Gasteiger partial charge is 0.181 e. The van der Waals surface area contributed by atoms with Crippen LogP contribution >= 0.6 is 0 Å². The van der Waals surface area contributed by atoms with Crippen LogP contribution in [0.15, 0.2) is 10.8 Å². The van der Waals surface area contributed by atoms with Crippen molar-refractivity contribution >= 4 is 0 Å². The minimum Gasteiger partial charge on any atom is -0.448 e. The van der Waals surface area contributed by atoms with E-state index in [0.29, 0.717) is 5.92 Å². The van der Waals surface area contributed by atoms with Crippen molar-refractivity contribution in [3.63, 3.8) is 0 Å². The number of hydrogen-bond donors (Lipinski definition) is 1. The number of nitrogens with one attached hydrogen (secondary N) is 1. The Hall–Kier alpha value is -0.830. The predicted octanol–water partition coefficient (Wildman–Crippen LogP) is 3.08. The molecule has 1 atom stereocenters. The summed E-state index contributed by atoms with van der Waals surface area (Å²) >= 11 is 0. The quantitative estimate of drug-likeness (QED) is 0.850. The molecule has 0 saturated heterocycles. The number of nitrogens with zero attached hydrogens (tertiary/aromatic N) is 1. The van der Waals surface area contributed by atoms with Crippen LogP contribution in [0, 0.1) is 5.92 Å². The molecule has 16 heavy (non-hydrogen) atoms. The Morgan fingerprint density at radius 1 is 1.50 bits per heavy atom. The fourth-order valence-electron chi connectivity index (χ4n) is 1.94. The Morgan fingerprint density at radius 3 is 2.75 bits per heavy atom. The molecule has 1 unspecified atom stereocenters. The second kappa shape index (κ2) is 4.21. The van der Waals surface area contributed by atoms with Crippen LogP contribution in [-0.2, 0) is 6.54 Å². The molecule has 0 aromatic carbocycles. The first-order chi connectivity index (χ1) is 7.47. The highest BCUT2D eigenvalue weighted by molar-refractivity contribution is 5.15. The Bertz CT molecular complexity index is 347. The van der Waals surface area contributed by atoms with Crippen LogP contribution in [0.25, 0.3) is 0 Å². The minimum atomic E-state index is 0.124. The fraction of sp³-hybridized carbons (Fsp3) is 0.769. The predicted molar refractivity (Wildman–Crippen MR) is 64.2 cm³/mol. The van der Waals surface area contributed by atoms with Crippen molar-refractivity contribution in [2.24, 2.45) is 5.92 Å². The monoisotopic (exact) mass is 222 g/mol. The minimum absolute atomic E-state index is 0.124. The fourth-order valence-corrected chi connectivity index (χ4v) is 1.94. The Kier molecular flexibility index (Phi) is 3.06. The van der Waals surface area contributed by atoms with Crippen LogP contribution < -0.4 is 5.32 Å². The largest absolute Gasteiger partial charge is 0.448 e. The van der Waals surface area contributed by atoms with Gasteiger partial charge in [-0.05, 0) is 39.5 Å². The number of hydrogen-bond acceptors (Lipinski definition) is 3. The maximum Gasteiger partial charge on any atom is 0.181 e. The maximum atomic E-state index is 5.54. The molecular weight excluding hydrogens is 200 g/mol. The lowest BCUT2D eigenvalue weighted by atomic mass is 10.0. The summed E-state index contributed by atoms with van der Waals surface area (Å²) in [5, 5.41) is 3.46.